The maximum Gasteiger partial charge on any atom is 0.123 e. The number of rotatable bonds is 2. The van der Waals surface area contributed by atoms with Gasteiger partial charge in [-0.1, -0.05) is 0 Å². The summed E-state index contributed by atoms with van der Waals surface area (Å²) in [4.78, 5) is 0. The standard InChI is InChI=1S/C13H13FN2/c1-16-12(4-9-7-15-8-9)6-10-5-11(14)2-3-13(10)16/h2-3,5-7,15H,4,8H2,1H3. The van der Waals surface area contributed by atoms with Gasteiger partial charge in [0, 0.05) is 36.6 Å². The van der Waals surface area contributed by atoms with Gasteiger partial charge in [-0.3, -0.25) is 0 Å². The smallest absolute Gasteiger partial charge is 0.123 e. The van der Waals surface area contributed by atoms with Crippen molar-refractivity contribution in [3.63, 3.8) is 0 Å². The molecule has 82 valence electrons. The van der Waals surface area contributed by atoms with Crippen molar-refractivity contribution in [2.24, 2.45) is 7.05 Å². The first-order chi connectivity index (χ1) is 7.74. The summed E-state index contributed by atoms with van der Waals surface area (Å²) >= 11 is 0. The number of benzene rings is 1. The average molecular weight is 216 g/mol. The lowest BCUT2D eigenvalue weighted by Crippen LogP contribution is -2.23. The van der Waals surface area contributed by atoms with E-state index in [4.69, 9.17) is 0 Å². The SMILES string of the molecule is Cn1c(CC2=CNC2)cc2cc(F)ccc21. The Hall–Kier alpha value is -1.77. The second-order valence-corrected chi connectivity index (χ2v) is 4.26. The van der Waals surface area contributed by atoms with Crippen molar-refractivity contribution >= 4 is 10.9 Å². The van der Waals surface area contributed by atoms with Crippen molar-refractivity contribution in [3.8, 4) is 0 Å². The first-order valence-electron chi connectivity index (χ1n) is 5.39. The van der Waals surface area contributed by atoms with E-state index in [9.17, 15) is 4.39 Å². The third-order valence-electron chi connectivity index (χ3n) is 3.15. The Bertz CT molecular complexity index is 581. The molecule has 0 unspecified atom stereocenters. The van der Waals surface area contributed by atoms with Crippen LogP contribution in [-0.4, -0.2) is 11.1 Å². The molecule has 16 heavy (non-hydrogen) atoms. The van der Waals surface area contributed by atoms with Crippen LogP contribution in [0.25, 0.3) is 10.9 Å². The van der Waals surface area contributed by atoms with Crippen LogP contribution in [0.4, 0.5) is 4.39 Å². The molecule has 3 heteroatoms. The molecular formula is C13H13FN2. The molecule has 1 aromatic heterocycles. The summed E-state index contributed by atoms with van der Waals surface area (Å²) in [5, 5.41) is 4.09. The summed E-state index contributed by atoms with van der Waals surface area (Å²) in [7, 11) is 2.03. The fraction of sp³-hybridized carbons (Fsp3) is 0.231. The average Bonchev–Trinajstić information content (AvgIpc) is 2.49. The summed E-state index contributed by atoms with van der Waals surface area (Å²) in [5.74, 6) is -0.172. The van der Waals surface area contributed by atoms with Gasteiger partial charge in [0.2, 0.25) is 0 Å². The monoisotopic (exact) mass is 216 g/mol. The minimum atomic E-state index is -0.172. The first-order valence-corrected chi connectivity index (χ1v) is 5.39. The van der Waals surface area contributed by atoms with Crippen LogP contribution in [0.3, 0.4) is 0 Å². The molecule has 0 radical (unpaired) electrons. The normalized spacial score (nSPS) is 14.5. The number of aromatic nitrogens is 1. The van der Waals surface area contributed by atoms with Gasteiger partial charge in [0.25, 0.3) is 0 Å². The molecule has 0 bridgehead atoms. The molecule has 0 saturated heterocycles. The van der Waals surface area contributed by atoms with Gasteiger partial charge in [-0.25, -0.2) is 4.39 Å². The highest BCUT2D eigenvalue weighted by molar-refractivity contribution is 5.81. The van der Waals surface area contributed by atoms with Gasteiger partial charge in [0.05, 0.1) is 0 Å². The summed E-state index contributed by atoms with van der Waals surface area (Å²) < 4.78 is 15.2. The van der Waals surface area contributed by atoms with Crippen molar-refractivity contribution in [3.05, 3.63) is 47.5 Å². The fourth-order valence-corrected chi connectivity index (χ4v) is 2.14. The number of nitrogens with one attached hydrogen (secondary N) is 1. The number of fused-ring (bicyclic) bond motifs is 1. The molecule has 0 fully saturated rings. The lowest BCUT2D eigenvalue weighted by Gasteiger charge is -2.16. The molecule has 0 saturated carbocycles. The molecule has 2 nitrogen and oxygen atoms in total. The van der Waals surface area contributed by atoms with Gasteiger partial charge in [-0.15, -0.1) is 0 Å². The number of hydrogen-bond donors (Lipinski definition) is 1. The second-order valence-electron chi connectivity index (χ2n) is 4.26. The Labute approximate surface area is 93.4 Å². The van der Waals surface area contributed by atoms with Crippen LogP contribution in [0.5, 0.6) is 0 Å². The Morgan fingerprint density at radius 3 is 2.88 bits per heavy atom. The zero-order chi connectivity index (χ0) is 11.1. The van der Waals surface area contributed by atoms with Gasteiger partial charge in [-0.2, -0.15) is 0 Å². The van der Waals surface area contributed by atoms with Crippen molar-refractivity contribution in [2.75, 3.05) is 6.54 Å². The van der Waals surface area contributed by atoms with Gasteiger partial charge in [0.1, 0.15) is 5.82 Å². The van der Waals surface area contributed by atoms with Crippen LogP contribution in [-0.2, 0) is 13.5 Å². The van der Waals surface area contributed by atoms with Crippen molar-refractivity contribution in [1.29, 1.82) is 0 Å². The third-order valence-corrected chi connectivity index (χ3v) is 3.15. The van der Waals surface area contributed by atoms with Crippen LogP contribution >= 0.6 is 0 Å². The van der Waals surface area contributed by atoms with Gasteiger partial charge in [-0.05, 0) is 36.0 Å². The predicted molar refractivity (Wildman–Crippen MR) is 62.7 cm³/mol. The molecular weight excluding hydrogens is 203 g/mol. The zero-order valence-electron chi connectivity index (χ0n) is 9.13. The highest BCUT2D eigenvalue weighted by Gasteiger charge is 2.11. The van der Waals surface area contributed by atoms with E-state index in [-0.39, 0.29) is 5.82 Å². The molecule has 0 amide bonds. The second kappa shape index (κ2) is 3.37. The minimum absolute atomic E-state index is 0.172. The van der Waals surface area contributed by atoms with Crippen molar-refractivity contribution in [2.45, 2.75) is 6.42 Å². The molecule has 3 rings (SSSR count). The van der Waals surface area contributed by atoms with Crippen molar-refractivity contribution < 1.29 is 4.39 Å². The summed E-state index contributed by atoms with van der Waals surface area (Å²) in [6, 6.07) is 7.00. The number of hydrogen-bond acceptors (Lipinski definition) is 1. The van der Waals surface area contributed by atoms with Crippen LogP contribution in [0.1, 0.15) is 5.69 Å². The van der Waals surface area contributed by atoms with E-state index >= 15 is 0 Å². The van der Waals surface area contributed by atoms with E-state index in [0.29, 0.717) is 0 Å². The molecule has 1 aliphatic heterocycles. The zero-order valence-corrected chi connectivity index (χ0v) is 9.13. The highest BCUT2D eigenvalue weighted by Crippen LogP contribution is 2.22. The van der Waals surface area contributed by atoms with Gasteiger partial charge >= 0.3 is 0 Å². The van der Waals surface area contributed by atoms with E-state index in [1.807, 2.05) is 19.3 Å². The fourth-order valence-electron chi connectivity index (χ4n) is 2.14. The quantitative estimate of drug-likeness (QED) is 0.815. The molecule has 0 atom stereocenters. The van der Waals surface area contributed by atoms with E-state index in [0.717, 1.165) is 23.9 Å². The maximum atomic E-state index is 13.1. The number of aryl methyl sites for hydroxylation is 1. The van der Waals surface area contributed by atoms with E-state index < -0.39 is 0 Å². The van der Waals surface area contributed by atoms with Gasteiger partial charge in [0.15, 0.2) is 0 Å². The largest absolute Gasteiger partial charge is 0.387 e. The topological polar surface area (TPSA) is 17.0 Å². The van der Waals surface area contributed by atoms with Crippen molar-refractivity contribution in [1.82, 2.24) is 9.88 Å². The highest BCUT2D eigenvalue weighted by atomic mass is 19.1. The predicted octanol–water partition coefficient (Wildman–Crippen LogP) is 2.35. The Morgan fingerprint density at radius 1 is 1.38 bits per heavy atom. The first kappa shape index (κ1) is 9.46. The lowest BCUT2D eigenvalue weighted by molar-refractivity contribution is 0.629. The van der Waals surface area contributed by atoms with Gasteiger partial charge < -0.3 is 9.88 Å². The van der Waals surface area contributed by atoms with E-state index in [1.54, 1.807) is 6.07 Å². The number of nitrogens with zero attached hydrogens (tertiary/aromatic N) is 1. The molecule has 2 aromatic rings. The summed E-state index contributed by atoms with van der Waals surface area (Å²) in [6.45, 7) is 0.968. The molecule has 1 aromatic carbocycles. The van der Waals surface area contributed by atoms with Crippen LogP contribution in [0, 0.1) is 5.82 Å². The van der Waals surface area contributed by atoms with Crippen LogP contribution < -0.4 is 5.32 Å². The minimum Gasteiger partial charge on any atom is -0.387 e. The lowest BCUT2D eigenvalue weighted by atomic mass is 10.1. The third kappa shape index (κ3) is 1.40. The van der Waals surface area contributed by atoms with Crippen LogP contribution in [0.15, 0.2) is 36.0 Å². The van der Waals surface area contributed by atoms with E-state index in [1.165, 1.54) is 17.3 Å². The van der Waals surface area contributed by atoms with E-state index in [2.05, 4.69) is 16.0 Å². The molecule has 1 aliphatic rings. The Balaban J connectivity index is 2.07. The molecule has 2 heterocycles. The molecule has 0 aliphatic carbocycles. The Kier molecular flexibility index (Phi) is 1.99. The van der Waals surface area contributed by atoms with Crippen LogP contribution in [0.2, 0.25) is 0 Å². The number of halogens is 1. The molecule has 1 N–H and O–H groups in total. The summed E-state index contributed by atoms with van der Waals surface area (Å²) in [5.41, 5.74) is 3.71. The maximum absolute atomic E-state index is 13.1. The summed E-state index contributed by atoms with van der Waals surface area (Å²) in [6.07, 6.45) is 2.98. The molecule has 0 spiro atoms. The Morgan fingerprint density at radius 2 is 2.19 bits per heavy atom.